The SMILES string of the molecule is Cc1cc(CNC(C)(C)C)nc(-c2ccsc2)n1. The van der Waals surface area contributed by atoms with E-state index in [2.05, 4.69) is 47.5 Å². The van der Waals surface area contributed by atoms with Crippen LogP contribution in [0.25, 0.3) is 11.4 Å². The smallest absolute Gasteiger partial charge is 0.160 e. The zero-order chi connectivity index (χ0) is 13.2. The van der Waals surface area contributed by atoms with Crippen LogP contribution in [0.15, 0.2) is 22.9 Å². The van der Waals surface area contributed by atoms with E-state index in [1.54, 1.807) is 11.3 Å². The Bertz CT molecular complexity index is 512. The molecule has 0 aromatic carbocycles. The van der Waals surface area contributed by atoms with Gasteiger partial charge in [-0.2, -0.15) is 11.3 Å². The van der Waals surface area contributed by atoms with Crippen molar-refractivity contribution in [3.63, 3.8) is 0 Å². The molecule has 0 bridgehead atoms. The monoisotopic (exact) mass is 261 g/mol. The molecule has 0 unspecified atom stereocenters. The maximum absolute atomic E-state index is 4.61. The Balaban J connectivity index is 2.22. The number of aryl methyl sites for hydroxylation is 1. The molecule has 2 aromatic rings. The van der Waals surface area contributed by atoms with Crippen molar-refractivity contribution >= 4 is 11.3 Å². The van der Waals surface area contributed by atoms with Gasteiger partial charge in [-0.05, 0) is 45.2 Å². The molecular formula is C14H19N3S. The van der Waals surface area contributed by atoms with E-state index in [1.165, 1.54) is 0 Å². The van der Waals surface area contributed by atoms with Gasteiger partial charge >= 0.3 is 0 Å². The van der Waals surface area contributed by atoms with E-state index in [0.717, 1.165) is 29.3 Å². The molecule has 0 amide bonds. The Labute approximate surface area is 112 Å². The van der Waals surface area contributed by atoms with Gasteiger partial charge in [-0.1, -0.05) is 0 Å². The summed E-state index contributed by atoms with van der Waals surface area (Å²) in [6.07, 6.45) is 0. The summed E-state index contributed by atoms with van der Waals surface area (Å²) in [5.41, 5.74) is 3.25. The Morgan fingerprint density at radius 1 is 1.28 bits per heavy atom. The molecule has 4 heteroatoms. The minimum absolute atomic E-state index is 0.0986. The van der Waals surface area contributed by atoms with Crippen LogP contribution in [0.3, 0.4) is 0 Å². The summed E-state index contributed by atoms with van der Waals surface area (Å²) in [6.45, 7) is 9.24. The Hall–Kier alpha value is -1.26. The minimum Gasteiger partial charge on any atom is -0.306 e. The Kier molecular flexibility index (Phi) is 3.78. The highest BCUT2D eigenvalue weighted by Gasteiger charge is 2.10. The van der Waals surface area contributed by atoms with Crippen molar-refractivity contribution in [3.05, 3.63) is 34.3 Å². The predicted molar refractivity (Wildman–Crippen MR) is 76.7 cm³/mol. The molecule has 3 nitrogen and oxygen atoms in total. The molecule has 2 rings (SSSR count). The summed E-state index contributed by atoms with van der Waals surface area (Å²) in [5, 5.41) is 7.58. The molecule has 2 aromatic heterocycles. The topological polar surface area (TPSA) is 37.8 Å². The van der Waals surface area contributed by atoms with Crippen LogP contribution in [0.5, 0.6) is 0 Å². The summed E-state index contributed by atoms with van der Waals surface area (Å²) in [7, 11) is 0. The van der Waals surface area contributed by atoms with E-state index in [0.29, 0.717) is 0 Å². The second-order valence-corrected chi connectivity index (χ2v) is 6.22. The standard InChI is InChI=1S/C14H19N3S/c1-10-7-12(8-15-14(2,3)4)17-13(16-10)11-5-6-18-9-11/h5-7,9,15H,8H2,1-4H3. The van der Waals surface area contributed by atoms with Crippen molar-refractivity contribution in [1.29, 1.82) is 0 Å². The van der Waals surface area contributed by atoms with E-state index in [-0.39, 0.29) is 5.54 Å². The van der Waals surface area contributed by atoms with E-state index in [9.17, 15) is 0 Å². The highest BCUT2D eigenvalue weighted by atomic mass is 32.1. The first-order valence-electron chi connectivity index (χ1n) is 6.06. The van der Waals surface area contributed by atoms with Gasteiger partial charge in [0, 0.05) is 28.7 Å². The summed E-state index contributed by atoms with van der Waals surface area (Å²) in [6, 6.07) is 4.09. The third kappa shape index (κ3) is 3.62. The van der Waals surface area contributed by atoms with Crippen molar-refractivity contribution in [2.24, 2.45) is 0 Å². The normalized spacial score (nSPS) is 11.8. The molecule has 0 saturated heterocycles. The van der Waals surface area contributed by atoms with Gasteiger partial charge in [0.25, 0.3) is 0 Å². The maximum atomic E-state index is 4.61. The number of hydrogen-bond donors (Lipinski definition) is 1. The molecule has 2 heterocycles. The van der Waals surface area contributed by atoms with Crippen molar-refractivity contribution < 1.29 is 0 Å². The third-order valence-electron chi connectivity index (χ3n) is 2.49. The first-order valence-corrected chi connectivity index (χ1v) is 7.00. The lowest BCUT2D eigenvalue weighted by Gasteiger charge is -2.20. The lowest BCUT2D eigenvalue weighted by atomic mass is 10.1. The highest BCUT2D eigenvalue weighted by molar-refractivity contribution is 7.08. The van der Waals surface area contributed by atoms with Crippen LogP contribution in [-0.4, -0.2) is 15.5 Å². The minimum atomic E-state index is 0.0986. The van der Waals surface area contributed by atoms with E-state index in [4.69, 9.17) is 0 Å². The second kappa shape index (κ2) is 5.16. The van der Waals surface area contributed by atoms with Gasteiger partial charge in [0.1, 0.15) is 0 Å². The summed E-state index contributed by atoms with van der Waals surface area (Å²) >= 11 is 1.67. The van der Waals surface area contributed by atoms with Crippen LogP contribution in [-0.2, 0) is 6.54 Å². The Morgan fingerprint density at radius 3 is 2.67 bits per heavy atom. The molecule has 18 heavy (non-hydrogen) atoms. The number of rotatable bonds is 3. The van der Waals surface area contributed by atoms with Gasteiger partial charge in [-0.15, -0.1) is 0 Å². The van der Waals surface area contributed by atoms with Gasteiger partial charge < -0.3 is 5.32 Å². The molecule has 0 aliphatic rings. The zero-order valence-electron chi connectivity index (χ0n) is 11.3. The number of aromatic nitrogens is 2. The second-order valence-electron chi connectivity index (χ2n) is 5.44. The molecule has 0 fully saturated rings. The molecule has 0 aliphatic heterocycles. The molecule has 0 radical (unpaired) electrons. The van der Waals surface area contributed by atoms with E-state index >= 15 is 0 Å². The van der Waals surface area contributed by atoms with Crippen molar-refractivity contribution in [1.82, 2.24) is 15.3 Å². The third-order valence-corrected chi connectivity index (χ3v) is 3.17. The molecule has 0 spiro atoms. The lowest BCUT2D eigenvalue weighted by molar-refractivity contribution is 0.421. The van der Waals surface area contributed by atoms with E-state index < -0.39 is 0 Å². The van der Waals surface area contributed by atoms with Gasteiger partial charge in [-0.3, -0.25) is 0 Å². The van der Waals surface area contributed by atoms with Gasteiger partial charge in [0.05, 0.1) is 5.69 Å². The van der Waals surface area contributed by atoms with Crippen LogP contribution in [0.4, 0.5) is 0 Å². The highest BCUT2D eigenvalue weighted by Crippen LogP contribution is 2.19. The summed E-state index contributed by atoms with van der Waals surface area (Å²) in [5.74, 6) is 0.821. The van der Waals surface area contributed by atoms with Crippen LogP contribution in [0, 0.1) is 6.92 Å². The van der Waals surface area contributed by atoms with Crippen LogP contribution >= 0.6 is 11.3 Å². The fourth-order valence-electron chi connectivity index (χ4n) is 1.60. The largest absolute Gasteiger partial charge is 0.306 e. The van der Waals surface area contributed by atoms with Gasteiger partial charge in [-0.25, -0.2) is 9.97 Å². The van der Waals surface area contributed by atoms with Gasteiger partial charge in [0.2, 0.25) is 0 Å². The van der Waals surface area contributed by atoms with Gasteiger partial charge in [0.15, 0.2) is 5.82 Å². The molecule has 1 N–H and O–H groups in total. The van der Waals surface area contributed by atoms with Crippen molar-refractivity contribution in [2.75, 3.05) is 0 Å². The molecule has 0 saturated carbocycles. The van der Waals surface area contributed by atoms with Crippen molar-refractivity contribution in [2.45, 2.75) is 39.8 Å². The number of thiophene rings is 1. The maximum Gasteiger partial charge on any atom is 0.160 e. The number of hydrogen-bond acceptors (Lipinski definition) is 4. The fraction of sp³-hybridized carbons (Fsp3) is 0.429. The Morgan fingerprint density at radius 2 is 2.06 bits per heavy atom. The predicted octanol–water partition coefficient (Wildman–Crippen LogP) is 3.40. The quantitative estimate of drug-likeness (QED) is 0.920. The first kappa shape index (κ1) is 13.2. The summed E-state index contributed by atoms with van der Waals surface area (Å²) < 4.78 is 0. The van der Waals surface area contributed by atoms with Crippen LogP contribution in [0.1, 0.15) is 32.2 Å². The van der Waals surface area contributed by atoms with Crippen LogP contribution in [0.2, 0.25) is 0 Å². The molecule has 0 atom stereocenters. The average Bonchev–Trinajstić information content (AvgIpc) is 2.78. The van der Waals surface area contributed by atoms with E-state index in [1.807, 2.05) is 18.4 Å². The summed E-state index contributed by atoms with van der Waals surface area (Å²) in [4.78, 5) is 9.10. The first-order chi connectivity index (χ1) is 8.44. The van der Waals surface area contributed by atoms with Crippen LogP contribution < -0.4 is 5.32 Å². The molecule has 96 valence electrons. The average molecular weight is 261 g/mol. The molecule has 0 aliphatic carbocycles. The fourth-order valence-corrected chi connectivity index (χ4v) is 2.24. The molecular weight excluding hydrogens is 242 g/mol. The van der Waals surface area contributed by atoms with Crippen molar-refractivity contribution in [3.8, 4) is 11.4 Å². The number of nitrogens with one attached hydrogen (secondary N) is 1. The number of nitrogens with zero attached hydrogens (tertiary/aromatic N) is 2. The lowest BCUT2D eigenvalue weighted by Crippen LogP contribution is -2.35. The zero-order valence-corrected chi connectivity index (χ0v) is 12.1.